The van der Waals surface area contributed by atoms with Crippen LogP contribution in [0.4, 0.5) is 0 Å². The molecule has 0 bridgehead atoms. The molecule has 2 amide bonds. The largest absolute Gasteiger partial charge is 0.382 e. The third-order valence-electron chi connectivity index (χ3n) is 6.55. The van der Waals surface area contributed by atoms with Gasteiger partial charge in [0.2, 0.25) is 11.8 Å². The second kappa shape index (κ2) is 9.99. The number of carbonyl (C=O) groups excluding carboxylic acids is 2. The van der Waals surface area contributed by atoms with Gasteiger partial charge in [-0.3, -0.25) is 9.59 Å². The number of ether oxygens (including phenoxy) is 1. The monoisotopic (exact) mass is 568 g/mol. The van der Waals surface area contributed by atoms with E-state index in [4.69, 9.17) is 22.1 Å². The standard InChI is InChI=1S/C23H25ClN4O5S3/c1-33-12-15-9-27(36(31,32)21-7-13-5-6-14(24)8-18(13)35-21)11-20(29)28(15)10-19-26-22-16(23(25)30)3-2-4-17(22)34-19/h5-8,15-16H,2-4,9-12H2,1H3,(H2,25,30)/t15?,16-/m1/s1. The Balaban J connectivity index is 1.38. The van der Waals surface area contributed by atoms with Crippen LogP contribution in [0, 0.1) is 0 Å². The van der Waals surface area contributed by atoms with E-state index < -0.39 is 22.0 Å². The summed E-state index contributed by atoms with van der Waals surface area (Å²) in [6.45, 7) is 0.235. The number of thiazole rings is 1. The number of thiophene rings is 1. The molecule has 9 nitrogen and oxygen atoms in total. The number of piperazine rings is 1. The molecule has 192 valence electrons. The van der Waals surface area contributed by atoms with E-state index in [-0.39, 0.29) is 42.3 Å². The molecule has 2 N–H and O–H groups in total. The van der Waals surface area contributed by atoms with E-state index in [9.17, 15) is 18.0 Å². The topological polar surface area (TPSA) is 123 Å². The highest BCUT2D eigenvalue weighted by atomic mass is 35.5. The molecule has 0 radical (unpaired) electrons. The maximum atomic E-state index is 13.5. The summed E-state index contributed by atoms with van der Waals surface area (Å²) in [5.41, 5.74) is 6.29. The Morgan fingerprint density at radius 1 is 1.31 bits per heavy atom. The van der Waals surface area contributed by atoms with E-state index in [0.717, 1.165) is 44.8 Å². The van der Waals surface area contributed by atoms with Gasteiger partial charge < -0.3 is 15.4 Å². The summed E-state index contributed by atoms with van der Waals surface area (Å²) < 4.78 is 34.4. The summed E-state index contributed by atoms with van der Waals surface area (Å²) in [7, 11) is -2.38. The van der Waals surface area contributed by atoms with Crippen molar-refractivity contribution >= 4 is 66.2 Å². The number of sulfonamides is 1. The van der Waals surface area contributed by atoms with Gasteiger partial charge in [-0.1, -0.05) is 17.7 Å². The van der Waals surface area contributed by atoms with E-state index in [1.165, 1.54) is 22.8 Å². The molecule has 0 spiro atoms. The lowest BCUT2D eigenvalue weighted by molar-refractivity contribution is -0.140. The lowest BCUT2D eigenvalue weighted by Crippen LogP contribution is -2.58. The van der Waals surface area contributed by atoms with E-state index in [0.29, 0.717) is 16.5 Å². The Hall–Kier alpha value is -2.09. The minimum Gasteiger partial charge on any atom is -0.382 e. The zero-order valence-electron chi connectivity index (χ0n) is 19.5. The third-order valence-corrected chi connectivity index (χ3v) is 11.3. The first-order valence-corrected chi connectivity index (χ1v) is 14.9. The van der Waals surface area contributed by atoms with Gasteiger partial charge in [-0.2, -0.15) is 4.31 Å². The molecule has 1 saturated heterocycles. The van der Waals surface area contributed by atoms with Crippen LogP contribution in [0.5, 0.6) is 0 Å². The van der Waals surface area contributed by atoms with Gasteiger partial charge in [0.05, 0.1) is 37.4 Å². The number of methoxy groups -OCH3 is 1. The number of hydrogen-bond donors (Lipinski definition) is 1. The van der Waals surface area contributed by atoms with Gasteiger partial charge in [-0.05, 0) is 42.8 Å². The molecule has 5 rings (SSSR count). The van der Waals surface area contributed by atoms with Crippen molar-refractivity contribution in [3.63, 3.8) is 0 Å². The summed E-state index contributed by atoms with van der Waals surface area (Å²) in [5.74, 6) is -1.11. The number of primary amides is 1. The van der Waals surface area contributed by atoms with Gasteiger partial charge in [0, 0.05) is 28.3 Å². The van der Waals surface area contributed by atoms with Crippen LogP contribution in [0.25, 0.3) is 10.1 Å². The van der Waals surface area contributed by atoms with E-state index in [1.807, 2.05) is 0 Å². The highest BCUT2D eigenvalue weighted by Gasteiger charge is 2.40. The molecule has 1 unspecified atom stereocenters. The number of aromatic nitrogens is 1. The van der Waals surface area contributed by atoms with Crippen molar-refractivity contribution in [2.75, 3.05) is 26.8 Å². The van der Waals surface area contributed by atoms with Gasteiger partial charge in [-0.25, -0.2) is 13.4 Å². The predicted molar refractivity (Wildman–Crippen MR) is 139 cm³/mol. The molecular weight excluding hydrogens is 544 g/mol. The first kappa shape index (κ1) is 25.6. The number of nitrogens with two attached hydrogens (primary N) is 1. The van der Waals surface area contributed by atoms with Gasteiger partial charge in [0.15, 0.2) is 0 Å². The maximum Gasteiger partial charge on any atom is 0.253 e. The number of benzene rings is 1. The van der Waals surface area contributed by atoms with Crippen LogP contribution in [0.3, 0.4) is 0 Å². The first-order chi connectivity index (χ1) is 17.2. The normalized spacial score (nSPS) is 21.2. The molecule has 1 aliphatic heterocycles. The van der Waals surface area contributed by atoms with Crippen molar-refractivity contribution in [3.8, 4) is 0 Å². The highest BCUT2D eigenvalue weighted by Crippen LogP contribution is 2.36. The van der Waals surface area contributed by atoms with Crippen molar-refractivity contribution in [2.45, 2.75) is 42.0 Å². The second-order valence-corrected chi connectivity index (χ2v) is 13.8. The Bertz CT molecular complexity index is 1440. The van der Waals surface area contributed by atoms with Gasteiger partial charge in [-0.15, -0.1) is 22.7 Å². The number of fused-ring (bicyclic) bond motifs is 2. The number of rotatable bonds is 7. The molecule has 3 heterocycles. The summed E-state index contributed by atoms with van der Waals surface area (Å²) in [6.07, 6.45) is 2.38. The molecule has 2 aliphatic rings. The quantitative estimate of drug-likeness (QED) is 0.467. The third kappa shape index (κ3) is 4.77. The van der Waals surface area contributed by atoms with Crippen molar-refractivity contribution in [2.24, 2.45) is 5.73 Å². The average Bonchev–Trinajstić information content (AvgIpc) is 3.44. The summed E-state index contributed by atoms with van der Waals surface area (Å²) >= 11 is 8.68. The Kier molecular flexibility index (Phi) is 7.09. The zero-order valence-corrected chi connectivity index (χ0v) is 22.7. The van der Waals surface area contributed by atoms with Crippen molar-refractivity contribution in [1.82, 2.24) is 14.2 Å². The molecule has 1 aromatic carbocycles. The summed E-state index contributed by atoms with van der Waals surface area (Å²) in [4.78, 5) is 32.4. The maximum absolute atomic E-state index is 13.5. The minimum absolute atomic E-state index is 0.103. The first-order valence-electron chi connectivity index (χ1n) is 11.4. The number of hydrogen-bond acceptors (Lipinski definition) is 8. The molecule has 2 aromatic heterocycles. The number of carbonyl (C=O) groups is 2. The van der Waals surface area contributed by atoms with Crippen LogP contribution in [0.1, 0.15) is 34.3 Å². The van der Waals surface area contributed by atoms with Gasteiger partial charge in [0.1, 0.15) is 9.22 Å². The summed E-state index contributed by atoms with van der Waals surface area (Å²) in [5, 5.41) is 2.02. The number of amides is 2. The zero-order chi connectivity index (χ0) is 25.6. The number of nitrogens with zero attached hydrogens (tertiary/aromatic N) is 3. The number of aryl methyl sites for hydroxylation is 1. The Morgan fingerprint density at radius 3 is 2.86 bits per heavy atom. The molecule has 3 aromatic rings. The van der Waals surface area contributed by atoms with Crippen LogP contribution in [-0.2, 0) is 37.3 Å². The van der Waals surface area contributed by atoms with Gasteiger partial charge >= 0.3 is 0 Å². The van der Waals surface area contributed by atoms with Crippen LogP contribution < -0.4 is 5.73 Å². The SMILES string of the molecule is COCC1CN(S(=O)(=O)c2cc3ccc(Cl)cc3s2)CC(=O)N1Cc1nc2c(s1)CCC[C@H]2C(N)=O. The molecule has 1 aliphatic carbocycles. The van der Waals surface area contributed by atoms with Crippen LogP contribution in [0.15, 0.2) is 28.5 Å². The lowest BCUT2D eigenvalue weighted by Gasteiger charge is -2.39. The van der Waals surface area contributed by atoms with E-state index >= 15 is 0 Å². The smallest absolute Gasteiger partial charge is 0.253 e. The fraction of sp³-hybridized carbons (Fsp3) is 0.435. The number of halogens is 1. The van der Waals surface area contributed by atoms with Gasteiger partial charge in [0.25, 0.3) is 10.0 Å². The van der Waals surface area contributed by atoms with Crippen molar-refractivity contribution in [1.29, 1.82) is 0 Å². The molecular formula is C23H25ClN4O5S3. The minimum atomic E-state index is -3.89. The van der Waals surface area contributed by atoms with E-state index in [1.54, 1.807) is 29.2 Å². The molecule has 0 saturated carbocycles. The molecule has 36 heavy (non-hydrogen) atoms. The second-order valence-electron chi connectivity index (χ2n) is 8.94. The summed E-state index contributed by atoms with van der Waals surface area (Å²) in [6, 6.07) is 6.35. The van der Waals surface area contributed by atoms with Crippen molar-refractivity contribution < 1.29 is 22.7 Å². The fourth-order valence-electron chi connectivity index (χ4n) is 4.77. The van der Waals surface area contributed by atoms with Crippen LogP contribution >= 0.6 is 34.3 Å². The predicted octanol–water partition coefficient (Wildman–Crippen LogP) is 2.96. The molecule has 2 atom stereocenters. The average molecular weight is 569 g/mol. The Morgan fingerprint density at radius 2 is 2.11 bits per heavy atom. The fourth-order valence-corrected chi connectivity index (χ4v) is 9.20. The van der Waals surface area contributed by atoms with Crippen molar-refractivity contribution in [3.05, 3.63) is 44.9 Å². The molecule has 13 heteroatoms. The van der Waals surface area contributed by atoms with E-state index in [2.05, 4.69) is 4.98 Å². The van der Waals surface area contributed by atoms with Crippen LogP contribution in [-0.4, -0.2) is 67.3 Å². The highest BCUT2D eigenvalue weighted by molar-refractivity contribution is 7.91. The Labute approximate surface area is 221 Å². The van der Waals surface area contributed by atoms with Crippen LogP contribution in [0.2, 0.25) is 5.02 Å². The lowest BCUT2D eigenvalue weighted by atomic mass is 9.90. The molecule has 1 fully saturated rings.